The Morgan fingerprint density at radius 3 is 2.35 bits per heavy atom. The van der Waals surface area contributed by atoms with Crippen LogP contribution < -0.4 is 10.8 Å². The smallest absolute Gasteiger partial charge is 0.268 e. The van der Waals surface area contributed by atoms with Gasteiger partial charge in [-0.2, -0.15) is 0 Å². The average molecular weight is 315 g/mol. The van der Waals surface area contributed by atoms with Gasteiger partial charge in [0.2, 0.25) is 0 Å². The Morgan fingerprint density at radius 2 is 1.83 bits per heavy atom. The highest BCUT2D eigenvalue weighted by atomic mass is 16.5. The topological polar surface area (TPSA) is 112 Å². The van der Waals surface area contributed by atoms with E-state index in [4.69, 9.17) is 5.21 Å². The van der Waals surface area contributed by atoms with Gasteiger partial charge < -0.3 is 10.4 Å². The highest BCUT2D eigenvalue weighted by Gasteiger charge is 2.25. The van der Waals surface area contributed by atoms with E-state index in [1.54, 1.807) is 36.7 Å². The number of benzene rings is 1. The third kappa shape index (κ3) is 4.12. The molecule has 0 fully saturated rings. The van der Waals surface area contributed by atoms with Crippen molar-refractivity contribution in [3.63, 3.8) is 0 Å². The molecule has 2 rings (SSSR count). The first kappa shape index (κ1) is 16.6. The number of hydroxylamine groups is 1. The molecule has 7 nitrogen and oxygen atoms in total. The molecule has 0 saturated carbocycles. The number of hydrogen-bond donors (Lipinski definition) is 4. The summed E-state index contributed by atoms with van der Waals surface area (Å²) in [6, 6.07) is 9.20. The third-order valence-electron chi connectivity index (χ3n) is 3.30. The number of hydrogen-bond acceptors (Lipinski definition) is 5. The van der Waals surface area contributed by atoms with Crippen LogP contribution >= 0.6 is 0 Å². The van der Waals surface area contributed by atoms with Crippen molar-refractivity contribution in [1.82, 2.24) is 15.8 Å². The van der Waals surface area contributed by atoms with Crippen LogP contribution in [0.5, 0.6) is 0 Å². The molecule has 2 aromatic rings. The van der Waals surface area contributed by atoms with Crippen LogP contribution in [0, 0.1) is 0 Å². The Labute approximate surface area is 132 Å². The lowest BCUT2D eigenvalue weighted by molar-refractivity contribution is -0.133. The van der Waals surface area contributed by atoms with E-state index >= 15 is 0 Å². The number of pyridine rings is 1. The molecule has 0 aliphatic rings. The van der Waals surface area contributed by atoms with E-state index in [0.29, 0.717) is 5.56 Å². The maximum atomic E-state index is 12.1. The summed E-state index contributed by atoms with van der Waals surface area (Å²) in [6.07, 6.45) is 2.23. The van der Waals surface area contributed by atoms with Crippen LogP contribution in [0.1, 0.15) is 17.3 Å². The zero-order valence-corrected chi connectivity index (χ0v) is 12.4. The standard InChI is InChI=1S/C16H17N3O4/c1-10(20)14(16(22)19-23)18-15(21)12-6-4-11(5-7-12)13-3-2-8-17-9-13/h2-10,14,20,23H,1H3,(H,18,21)(H,19,22). The molecule has 7 heteroatoms. The lowest BCUT2D eigenvalue weighted by Crippen LogP contribution is -2.51. The number of nitrogens with one attached hydrogen (secondary N) is 2. The van der Waals surface area contributed by atoms with Crippen molar-refractivity contribution >= 4 is 11.8 Å². The fourth-order valence-electron chi connectivity index (χ4n) is 2.05. The molecule has 0 saturated heterocycles. The largest absolute Gasteiger partial charge is 0.391 e. The minimum Gasteiger partial charge on any atom is -0.391 e. The molecular formula is C16H17N3O4. The van der Waals surface area contributed by atoms with Crippen LogP contribution in [-0.4, -0.2) is 39.3 Å². The molecule has 2 unspecified atom stereocenters. The van der Waals surface area contributed by atoms with Gasteiger partial charge in [-0.05, 0) is 36.2 Å². The summed E-state index contributed by atoms with van der Waals surface area (Å²) >= 11 is 0. The highest BCUT2D eigenvalue weighted by molar-refractivity contribution is 5.97. The first-order chi connectivity index (χ1) is 11.0. The molecule has 4 N–H and O–H groups in total. The Hall–Kier alpha value is -2.77. The summed E-state index contributed by atoms with van der Waals surface area (Å²) in [6.45, 7) is 1.34. The SMILES string of the molecule is CC(O)C(NC(=O)c1ccc(-c2cccnc2)cc1)C(=O)NO. The molecule has 0 aliphatic heterocycles. The van der Waals surface area contributed by atoms with Gasteiger partial charge in [0.1, 0.15) is 6.04 Å². The van der Waals surface area contributed by atoms with Crippen LogP contribution in [0.3, 0.4) is 0 Å². The average Bonchev–Trinajstić information content (AvgIpc) is 2.59. The van der Waals surface area contributed by atoms with Crippen molar-refractivity contribution in [2.24, 2.45) is 0 Å². The second-order valence-electron chi connectivity index (χ2n) is 4.99. The molecule has 0 radical (unpaired) electrons. The zero-order valence-electron chi connectivity index (χ0n) is 12.4. The number of rotatable bonds is 5. The van der Waals surface area contributed by atoms with Crippen LogP contribution in [0.4, 0.5) is 0 Å². The minimum atomic E-state index is -1.24. The van der Waals surface area contributed by atoms with E-state index < -0.39 is 24.0 Å². The van der Waals surface area contributed by atoms with E-state index in [9.17, 15) is 14.7 Å². The van der Waals surface area contributed by atoms with Crippen molar-refractivity contribution in [2.75, 3.05) is 0 Å². The first-order valence-corrected chi connectivity index (χ1v) is 6.96. The zero-order chi connectivity index (χ0) is 16.8. The van der Waals surface area contributed by atoms with Crippen molar-refractivity contribution in [3.05, 3.63) is 54.4 Å². The predicted octanol–water partition coefficient (Wildman–Crippen LogP) is 0.733. The number of nitrogens with zero attached hydrogens (tertiary/aromatic N) is 1. The molecule has 23 heavy (non-hydrogen) atoms. The van der Waals surface area contributed by atoms with Gasteiger partial charge in [0, 0.05) is 18.0 Å². The number of aromatic nitrogens is 1. The van der Waals surface area contributed by atoms with Crippen molar-refractivity contribution in [1.29, 1.82) is 0 Å². The quantitative estimate of drug-likeness (QED) is 0.480. The molecule has 1 aromatic heterocycles. The van der Waals surface area contributed by atoms with Gasteiger partial charge in [0.25, 0.3) is 11.8 Å². The maximum absolute atomic E-state index is 12.1. The van der Waals surface area contributed by atoms with Gasteiger partial charge in [-0.3, -0.25) is 19.8 Å². The molecule has 0 bridgehead atoms. The van der Waals surface area contributed by atoms with Crippen molar-refractivity contribution < 1.29 is 19.9 Å². The number of carbonyl (C=O) groups is 2. The number of carbonyl (C=O) groups excluding carboxylic acids is 2. The van der Waals surface area contributed by atoms with Crippen molar-refractivity contribution in [2.45, 2.75) is 19.1 Å². The fraction of sp³-hybridized carbons (Fsp3) is 0.188. The van der Waals surface area contributed by atoms with Crippen molar-refractivity contribution in [3.8, 4) is 11.1 Å². The van der Waals surface area contributed by atoms with Crippen LogP contribution in [0.2, 0.25) is 0 Å². The summed E-state index contributed by atoms with van der Waals surface area (Å²) in [5.74, 6) is -1.42. The van der Waals surface area contributed by atoms with Gasteiger partial charge in [-0.25, -0.2) is 5.48 Å². The molecular weight excluding hydrogens is 298 g/mol. The van der Waals surface area contributed by atoms with Gasteiger partial charge in [-0.15, -0.1) is 0 Å². The summed E-state index contributed by atoms with van der Waals surface area (Å²) in [7, 11) is 0. The fourth-order valence-corrected chi connectivity index (χ4v) is 2.05. The Morgan fingerprint density at radius 1 is 1.13 bits per heavy atom. The molecule has 1 aromatic carbocycles. The minimum absolute atomic E-state index is 0.328. The Bertz CT molecular complexity index is 671. The van der Waals surface area contributed by atoms with Gasteiger partial charge in [0.05, 0.1) is 6.10 Å². The number of aliphatic hydroxyl groups excluding tert-OH is 1. The molecule has 0 spiro atoms. The lowest BCUT2D eigenvalue weighted by Gasteiger charge is -2.19. The second kappa shape index (κ2) is 7.48. The summed E-state index contributed by atoms with van der Waals surface area (Å²) < 4.78 is 0. The Balaban J connectivity index is 2.12. The molecule has 0 aliphatic carbocycles. The molecule has 1 heterocycles. The molecule has 2 amide bonds. The van der Waals surface area contributed by atoms with E-state index in [1.807, 2.05) is 12.1 Å². The van der Waals surface area contributed by atoms with E-state index in [2.05, 4.69) is 10.3 Å². The van der Waals surface area contributed by atoms with E-state index in [-0.39, 0.29) is 0 Å². The van der Waals surface area contributed by atoms with E-state index in [0.717, 1.165) is 11.1 Å². The summed E-state index contributed by atoms with van der Waals surface area (Å²) in [4.78, 5) is 27.6. The van der Waals surface area contributed by atoms with E-state index in [1.165, 1.54) is 12.4 Å². The number of aliphatic hydroxyl groups is 1. The number of amides is 2. The normalized spacial score (nSPS) is 13.0. The lowest BCUT2D eigenvalue weighted by atomic mass is 10.0. The van der Waals surface area contributed by atoms with Crippen LogP contribution in [0.25, 0.3) is 11.1 Å². The van der Waals surface area contributed by atoms with Gasteiger partial charge >= 0.3 is 0 Å². The first-order valence-electron chi connectivity index (χ1n) is 6.96. The molecule has 2 atom stereocenters. The third-order valence-corrected chi connectivity index (χ3v) is 3.30. The summed E-state index contributed by atoms with van der Waals surface area (Å²) in [5, 5.41) is 20.5. The van der Waals surface area contributed by atoms with Crippen LogP contribution in [-0.2, 0) is 4.79 Å². The monoisotopic (exact) mass is 315 g/mol. The van der Waals surface area contributed by atoms with Gasteiger partial charge in [0.15, 0.2) is 0 Å². The van der Waals surface area contributed by atoms with Gasteiger partial charge in [-0.1, -0.05) is 18.2 Å². The highest BCUT2D eigenvalue weighted by Crippen LogP contribution is 2.18. The molecule has 120 valence electrons. The Kier molecular flexibility index (Phi) is 5.40. The summed E-state index contributed by atoms with van der Waals surface area (Å²) in [5.41, 5.74) is 3.56. The predicted molar refractivity (Wildman–Crippen MR) is 82.5 cm³/mol. The van der Waals surface area contributed by atoms with Crippen LogP contribution in [0.15, 0.2) is 48.8 Å². The maximum Gasteiger partial charge on any atom is 0.268 e. The second-order valence-corrected chi connectivity index (χ2v) is 4.99.